The number of hydrogen-bond donors (Lipinski definition) is 1. The second-order valence-corrected chi connectivity index (χ2v) is 4.57. The quantitative estimate of drug-likeness (QED) is 0.860. The molecule has 1 aromatic heterocycles. The van der Waals surface area contributed by atoms with E-state index in [1.807, 2.05) is 24.6 Å². The lowest BCUT2D eigenvalue weighted by Crippen LogP contribution is -2.18. The summed E-state index contributed by atoms with van der Waals surface area (Å²) in [4.78, 5) is 4.33. The maximum absolute atomic E-state index is 5.83. The predicted molar refractivity (Wildman–Crippen MR) is 64.9 cm³/mol. The van der Waals surface area contributed by atoms with Crippen molar-refractivity contribution in [1.82, 2.24) is 4.98 Å². The van der Waals surface area contributed by atoms with Gasteiger partial charge in [0.25, 0.3) is 0 Å². The van der Waals surface area contributed by atoms with Crippen LogP contribution in [0, 0.1) is 0 Å². The first-order valence-corrected chi connectivity index (χ1v) is 5.88. The van der Waals surface area contributed by atoms with Gasteiger partial charge in [-0.05, 0) is 18.9 Å². The lowest BCUT2D eigenvalue weighted by molar-refractivity contribution is 0.739. The molecule has 78 valence electrons. The van der Waals surface area contributed by atoms with Crippen molar-refractivity contribution in [3.63, 3.8) is 0 Å². The molecular weight excluding hydrogens is 204 g/mol. The van der Waals surface area contributed by atoms with Gasteiger partial charge in [-0.1, -0.05) is 24.3 Å². The van der Waals surface area contributed by atoms with E-state index in [0.29, 0.717) is 0 Å². The maximum Gasteiger partial charge on any atom is 0.123 e. The lowest BCUT2D eigenvalue weighted by Gasteiger charge is -2.09. The molecule has 0 saturated carbocycles. The topological polar surface area (TPSA) is 38.9 Å². The van der Waals surface area contributed by atoms with E-state index in [4.69, 9.17) is 5.73 Å². The first-order valence-electron chi connectivity index (χ1n) is 5.00. The second kappa shape index (κ2) is 4.55. The van der Waals surface area contributed by atoms with Crippen molar-refractivity contribution in [3.05, 3.63) is 41.4 Å². The highest BCUT2D eigenvalue weighted by molar-refractivity contribution is 7.13. The first kappa shape index (κ1) is 10.3. The van der Waals surface area contributed by atoms with Crippen molar-refractivity contribution in [2.45, 2.75) is 19.4 Å². The Kier molecular flexibility index (Phi) is 3.14. The Morgan fingerprint density at radius 2 is 2.20 bits per heavy atom. The molecule has 2 nitrogen and oxygen atoms in total. The molecule has 15 heavy (non-hydrogen) atoms. The Balaban J connectivity index is 2.38. The molecule has 2 N–H and O–H groups in total. The Morgan fingerprint density at radius 1 is 1.40 bits per heavy atom. The van der Waals surface area contributed by atoms with E-state index in [1.165, 1.54) is 11.1 Å². The third kappa shape index (κ3) is 2.43. The highest BCUT2D eigenvalue weighted by Crippen LogP contribution is 2.26. The molecule has 2 rings (SSSR count). The summed E-state index contributed by atoms with van der Waals surface area (Å²) in [6.45, 7) is 2.03. The van der Waals surface area contributed by atoms with Crippen LogP contribution in [0.15, 0.2) is 35.8 Å². The third-order valence-corrected chi connectivity index (χ3v) is 3.03. The lowest BCUT2D eigenvalue weighted by atomic mass is 10.0. The minimum atomic E-state index is 0.186. The van der Waals surface area contributed by atoms with Crippen molar-refractivity contribution in [3.8, 4) is 10.6 Å². The van der Waals surface area contributed by atoms with Crippen molar-refractivity contribution in [2.24, 2.45) is 5.73 Å². The van der Waals surface area contributed by atoms with Crippen LogP contribution in [0.2, 0.25) is 0 Å². The zero-order valence-electron chi connectivity index (χ0n) is 8.68. The summed E-state index contributed by atoms with van der Waals surface area (Å²) >= 11 is 1.67. The molecule has 0 radical (unpaired) electrons. The fourth-order valence-corrected chi connectivity index (χ4v) is 2.31. The fraction of sp³-hybridized carbons (Fsp3) is 0.250. The normalized spacial score (nSPS) is 12.7. The van der Waals surface area contributed by atoms with Gasteiger partial charge >= 0.3 is 0 Å². The molecule has 0 spiro atoms. The number of nitrogens with zero attached hydrogens (tertiary/aromatic N) is 1. The van der Waals surface area contributed by atoms with Crippen LogP contribution in [-0.2, 0) is 6.42 Å². The van der Waals surface area contributed by atoms with E-state index in [9.17, 15) is 0 Å². The van der Waals surface area contributed by atoms with E-state index >= 15 is 0 Å². The van der Waals surface area contributed by atoms with Crippen LogP contribution in [0.5, 0.6) is 0 Å². The molecule has 2 aromatic rings. The summed E-state index contributed by atoms with van der Waals surface area (Å²) in [5.74, 6) is 0. The Bertz CT molecular complexity index is 421. The summed E-state index contributed by atoms with van der Waals surface area (Å²) in [5.41, 5.74) is 8.32. The van der Waals surface area contributed by atoms with Crippen LogP contribution in [0.4, 0.5) is 0 Å². The predicted octanol–water partition coefficient (Wildman–Crippen LogP) is 2.70. The van der Waals surface area contributed by atoms with Crippen molar-refractivity contribution < 1.29 is 0 Å². The number of rotatable bonds is 3. The Labute approximate surface area is 93.8 Å². The van der Waals surface area contributed by atoms with E-state index in [0.717, 1.165) is 11.4 Å². The molecule has 1 unspecified atom stereocenters. The van der Waals surface area contributed by atoms with Crippen LogP contribution in [0.1, 0.15) is 12.5 Å². The summed E-state index contributed by atoms with van der Waals surface area (Å²) in [6.07, 6.45) is 2.73. The molecule has 0 saturated heterocycles. The molecule has 0 bridgehead atoms. The molecule has 1 aromatic carbocycles. The van der Waals surface area contributed by atoms with Gasteiger partial charge in [-0.25, -0.2) is 4.98 Å². The van der Waals surface area contributed by atoms with E-state index in [1.54, 1.807) is 11.3 Å². The van der Waals surface area contributed by atoms with Gasteiger partial charge < -0.3 is 5.73 Å². The van der Waals surface area contributed by atoms with Gasteiger partial charge in [0.1, 0.15) is 5.01 Å². The van der Waals surface area contributed by atoms with Crippen molar-refractivity contribution >= 4 is 11.3 Å². The highest BCUT2D eigenvalue weighted by atomic mass is 32.1. The number of hydrogen-bond acceptors (Lipinski definition) is 3. The van der Waals surface area contributed by atoms with Crippen molar-refractivity contribution in [2.75, 3.05) is 0 Å². The van der Waals surface area contributed by atoms with E-state index < -0.39 is 0 Å². The van der Waals surface area contributed by atoms with Gasteiger partial charge in [0.05, 0.1) is 0 Å². The molecule has 1 heterocycles. The summed E-state index contributed by atoms with van der Waals surface area (Å²) in [6, 6.07) is 8.51. The van der Waals surface area contributed by atoms with Gasteiger partial charge in [-0.2, -0.15) is 0 Å². The summed E-state index contributed by atoms with van der Waals surface area (Å²) in [5, 5.41) is 3.07. The van der Waals surface area contributed by atoms with Gasteiger partial charge in [0, 0.05) is 23.2 Å². The third-order valence-electron chi connectivity index (χ3n) is 2.22. The van der Waals surface area contributed by atoms with Crippen LogP contribution in [-0.4, -0.2) is 11.0 Å². The molecule has 3 heteroatoms. The van der Waals surface area contributed by atoms with Gasteiger partial charge in [0.2, 0.25) is 0 Å². The molecule has 0 aliphatic heterocycles. The zero-order chi connectivity index (χ0) is 10.7. The second-order valence-electron chi connectivity index (χ2n) is 3.68. The summed E-state index contributed by atoms with van der Waals surface area (Å²) < 4.78 is 0. The SMILES string of the molecule is CC(N)Cc1ccccc1-c1nccs1. The monoisotopic (exact) mass is 218 g/mol. The minimum absolute atomic E-state index is 0.186. The van der Waals surface area contributed by atoms with E-state index in [-0.39, 0.29) is 6.04 Å². The van der Waals surface area contributed by atoms with Crippen LogP contribution >= 0.6 is 11.3 Å². The minimum Gasteiger partial charge on any atom is -0.328 e. The molecule has 0 fully saturated rings. The van der Waals surface area contributed by atoms with Gasteiger partial charge in [0.15, 0.2) is 0 Å². The maximum atomic E-state index is 5.83. The average Bonchev–Trinajstić information content (AvgIpc) is 2.70. The van der Waals surface area contributed by atoms with Crippen molar-refractivity contribution in [1.29, 1.82) is 0 Å². The van der Waals surface area contributed by atoms with Gasteiger partial charge in [-0.15, -0.1) is 11.3 Å². The molecular formula is C12H14N2S. The number of thiazole rings is 1. The molecule has 0 amide bonds. The smallest absolute Gasteiger partial charge is 0.123 e. The number of nitrogens with two attached hydrogens (primary N) is 1. The Hall–Kier alpha value is -1.19. The van der Waals surface area contributed by atoms with Gasteiger partial charge in [-0.3, -0.25) is 0 Å². The molecule has 0 aliphatic rings. The van der Waals surface area contributed by atoms with Crippen LogP contribution < -0.4 is 5.73 Å². The van der Waals surface area contributed by atoms with Crippen LogP contribution in [0.3, 0.4) is 0 Å². The average molecular weight is 218 g/mol. The Morgan fingerprint density at radius 3 is 2.87 bits per heavy atom. The number of aromatic nitrogens is 1. The highest BCUT2D eigenvalue weighted by Gasteiger charge is 2.07. The van der Waals surface area contributed by atoms with Crippen LogP contribution in [0.25, 0.3) is 10.6 Å². The largest absolute Gasteiger partial charge is 0.328 e. The standard InChI is InChI=1S/C12H14N2S/c1-9(13)8-10-4-2-3-5-11(10)12-14-6-7-15-12/h2-7,9H,8,13H2,1H3. The zero-order valence-corrected chi connectivity index (χ0v) is 9.50. The molecule has 0 aliphatic carbocycles. The summed E-state index contributed by atoms with van der Waals surface area (Å²) in [7, 11) is 0. The first-order chi connectivity index (χ1) is 7.27. The number of benzene rings is 1. The molecule has 1 atom stereocenters. The fourth-order valence-electron chi connectivity index (χ4n) is 1.61. The van der Waals surface area contributed by atoms with E-state index in [2.05, 4.69) is 23.2 Å².